The third kappa shape index (κ3) is 9.58. The summed E-state index contributed by atoms with van der Waals surface area (Å²) in [5, 5.41) is 0. The van der Waals surface area contributed by atoms with Crippen molar-refractivity contribution in [2.75, 3.05) is 13.1 Å². The third-order valence-electron chi connectivity index (χ3n) is 3.19. The Labute approximate surface area is 121 Å². The SMILES string of the molecule is C\C=C(/C=C\C=C/CC)N(CCC)CCCCCC. The highest BCUT2D eigenvalue weighted by Gasteiger charge is 2.04. The van der Waals surface area contributed by atoms with Crippen LogP contribution in [-0.2, 0) is 0 Å². The number of rotatable bonds is 11. The summed E-state index contributed by atoms with van der Waals surface area (Å²) < 4.78 is 0. The van der Waals surface area contributed by atoms with Gasteiger partial charge in [-0.25, -0.2) is 0 Å². The second-order valence-corrected chi connectivity index (χ2v) is 4.96. The predicted octanol–water partition coefficient (Wildman–Crippen LogP) is 5.70. The van der Waals surface area contributed by atoms with Crippen molar-refractivity contribution >= 4 is 0 Å². The van der Waals surface area contributed by atoms with E-state index in [2.05, 4.69) is 63.0 Å². The molecule has 0 aromatic heterocycles. The Morgan fingerprint density at radius 1 is 0.895 bits per heavy atom. The fourth-order valence-corrected chi connectivity index (χ4v) is 2.12. The van der Waals surface area contributed by atoms with Crippen LogP contribution in [0.2, 0.25) is 0 Å². The van der Waals surface area contributed by atoms with Gasteiger partial charge in [0, 0.05) is 18.8 Å². The zero-order valence-electron chi connectivity index (χ0n) is 13.5. The molecule has 0 aliphatic carbocycles. The van der Waals surface area contributed by atoms with Crippen molar-refractivity contribution < 1.29 is 0 Å². The molecule has 0 saturated heterocycles. The van der Waals surface area contributed by atoms with Crippen molar-refractivity contribution in [3.05, 3.63) is 36.1 Å². The lowest BCUT2D eigenvalue weighted by Gasteiger charge is -2.25. The molecule has 0 aliphatic heterocycles. The normalized spacial score (nSPS) is 12.7. The number of nitrogens with zero attached hydrogens (tertiary/aromatic N) is 1. The molecule has 1 heteroatoms. The van der Waals surface area contributed by atoms with Crippen LogP contribution in [0.15, 0.2) is 36.1 Å². The first-order chi connectivity index (χ1) is 9.29. The van der Waals surface area contributed by atoms with Gasteiger partial charge in [0.15, 0.2) is 0 Å². The van der Waals surface area contributed by atoms with E-state index in [1.165, 1.54) is 44.3 Å². The van der Waals surface area contributed by atoms with E-state index < -0.39 is 0 Å². The Bertz CT molecular complexity index is 273. The topological polar surface area (TPSA) is 3.24 Å². The highest BCUT2D eigenvalue weighted by Crippen LogP contribution is 2.10. The molecule has 0 N–H and O–H groups in total. The Hall–Kier alpha value is -0.980. The van der Waals surface area contributed by atoms with E-state index in [4.69, 9.17) is 0 Å². The highest BCUT2D eigenvalue weighted by atomic mass is 15.1. The molecule has 0 aliphatic rings. The fraction of sp³-hybridized carbons (Fsp3) is 0.667. The van der Waals surface area contributed by atoms with Crippen LogP contribution < -0.4 is 0 Å². The van der Waals surface area contributed by atoms with Gasteiger partial charge < -0.3 is 4.90 Å². The summed E-state index contributed by atoms with van der Waals surface area (Å²) in [7, 11) is 0. The predicted molar refractivity (Wildman–Crippen MR) is 88.3 cm³/mol. The van der Waals surface area contributed by atoms with Gasteiger partial charge in [-0.2, -0.15) is 0 Å². The minimum absolute atomic E-state index is 1.10. The number of hydrogen-bond acceptors (Lipinski definition) is 1. The molecule has 0 rings (SSSR count). The first-order valence-electron chi connectivity index (χ1n) is 8.04. The molecule has 0 aromatic carbocycles. The highest BCUT2D eigenvalue weighted by molar-refractivity contribution is 5.20. The van der Waals surface area contributed by atoms with E-state index in [0.29, 0.717) is 0 Å². The first-order valence-corrected chi connectivity index (χ1v) is 8.04. The summed E-state index contributed by atoms with van der Waals surface area (Å²) in [5.41, 5.74) is 1.36. The quantitative estimate of drug-likeness (QED) is 0.341. The van der Waals surface area contributed by atoms with Gasteiger partial charge in [-0.1, -0.05) is 64.3 Å². The Morgan fingerprint density at radius 3 is 2.26 bits per heavy atom. The average Bonchev–Trinajstić information content (AvgIpc) is 2.43. The third-order valence-corrected chi connectivity index (χ3v) is 3.19. The van der Waals surface area contributed by atoms with Crippen LogP contribution in [0, 0.1) is 0 Å². The lowest BCUT2D eigenvalue weighted by atomic mass is 10.2. The summed E-state index contributed by atoms with van der Waals surface area (Å²) in [6.45, 7) is 11.2. The molecule has 0 atom stereocenters. The maximum atomic E-state index is 2.52. The molecule has 0 radical (unpaired) electrons. The molecule has 19 heavy (non-hydrogen) atoms. The van der Waals surface area contributed by atoms with Crippen LogP contribution in [0.5, 0.6) is 0 Å². The minimum atomic E-state index is 1.10. The van der Waals surface area contributed by atoms with Crippen LogP contribution in [0.4, 0.5) is 0 Å². The van der Waals surface area contributed by atoms with Gasteiger partial charge in [-0.3, -0.25) is 0 Å². The van der Waals surface area contributed by atoms with Crippen molar-refractivity contribution in [3.63, 3.8) is 0 Å². The molecule has 0 fully saturated rings. The monoisotopic (exact) mass is 263 g/mol. The van der Waals surface area contributed by atoms with Gasteiger partial charge >= 0.3 is 0 Å². The zero-order valence-corrected chi connectivity index (χ0v) is 13.5. The van der Waals surface area contributed by atoms with Gasteiger partial charge in [0.25, 0.3) is 0 Å². The van der Waals surface area contributed by atoms with E-state index in [9.17, 15) is 0 Å². The molecule has 0 bridgehead atoms. The lowest BCUT2D eigenvalue weighted by molar-refractivity contribution is 0.342. The molecule has 0 amide bonds. The summed E-state index contributed by atoms with van der Waals surface area (Å²) in [6.07, 6.45) is 18.6. The molecular formula is C18H33N. The minimum Gasteiger partial charge on any atom is -0.372 e. The van der Waals surface area contributed by atoms with Crippen molar-refractivity contribution in [1.82, 2.24) is 4.90 Å². The second-order valence-electron chi connectivity index (χ2n) is 4.96. The molecule has 0 aromatic rings. The van der Waals surface area contributed by atoms with Gasteiger partial charge in [0.05, 0.1) is 0 Å². The number of allylic oxidation sites excluding steroid dienone is 5. The van der Waals surface area contributed by atoms with Crippen LogP contribution in [-0.4, -0.2) is 18.0 Å². The standard InChI is InChI=1S/C18H33N/c1-5-9-11-13-15-18(8-4)19(16-7-3)17-14-12-10-6-2/h8-9,11,13,15H,5-7,10,12,14,16-17H2,1-4H3/b11-9-,15-13-,18-8+. The molecular weight excluding hydrogens is 230 g/mol. The van der Waals surface area contributed by atoms with E-state index in [0.717, 1.165) is 13.0 Å². The number of hydrogen-bond donors (Lipinski definition) is 0. The lowest BCUT2D eigenvalue weighted by Crippen LogP contribution is -2.24. The summed E-state index contributed by atoms with van der Waals surface area (Å²) in [6, 6.07) is 0. The van der Waals surface area contributed by atoms with Crippen LogP contribution >= 0.6 is 0 Å². The zero-order chi connectivity index (χ0) is 14.3. The van der Waals surface area contributed by atoms with Crippen molar-refractivity contribution in [1.29, 1.82) is 0 Å². The Kier molecular flexibility index (Phi) is 12.8. The maximum Gasteiger partial charge on any atom is 0.0322 e. The average molecular weight is 263 g/mol. The Balaban J connectivity index is 4.37. The molecule has 1 nitrogen and oxygen atoms in total. The molecule has 0 heterocycles. The number of unbranched alkanes of at least 4 members (excludes halogenated alkanes) is 3. The van der Waals surface area contributed by atoms with Gasteiger partial charge in [0.1, 0.15) is 0 Å². The largest absolute Gasteiger partial charge is 0.372 e. The summed E-state index contributed by atoms with van der Waals surface area (Å²) in [5.74, 6) is 0. The fourth-order valence-electron chi connectivity index (χ4n) is 2.12. The molecule has 0 unspecified atom stereocenters. The first kappa shape index (κ1) is 18.0. The van der Waals surface area contributed by atoms with Gasteiger partial charge in [-0.05, 0) is 32.3 Å². The Morgan fingerprint density at radius 2 is 1.68 bits per heavy atom. The van der Waals surface area contributed by atoms with E-state index in [-0.39, 0.29) is 0 Å². The molecule has 0 spiro atoms. The smallest absolute Gasteiger partial charge is 0.0322 e. The van der Waals surface area contributed by atoms with Gasteiger partial charge in [0.2, 0.25) is 0 Å². The van der Waals surface area contributed by atoms with E-state index in [1.54, 1.807) is 0 Å². The van der Waals surface area contributed by atoms with Crippen LogP contribution in [0.1, 0.15) is 66.2 Å². The van der Waals surface area contributed by atoms with E-state index >= 15 is 0 Å². The van der Waals surface area contributed by atoms with Crippen LogP contribution in [0.25, 0.3) is 0 Å². The van der Waals surface area contributed by atoms with Gasteiger partial charge in [-0.15, -0.1) is 0 Å². The molecule has 110 valence electrons. The maximum absolute atomic E-state index is 2.52. The molecule has 0 saturated carbocycles. The van der Waals surface area contributed by atoms with Crippen molar-refractivity contribution in [2.45, 2.75) is 66.2 Å². The summed E-state index contributed by atoms with van der Waals surface area (Å²) in [4.78, 5) is 2.52. The van der Waals surface area contributed by atoms with Crippen LogP contribution in [0.3, 0.4) is 0 Å². The van der Waals surface area contributed by atoms with E-state index in [1.807, 2.05) is 0 Å². The van der Waals surface area contributed by atoms with Crippen molar-refractivity contribution in [2.24, 2.45) is 0 Å². The van der Waals surface area contributed by atoms with Crippen molar-refractivity contribution in [3.8, 4) is 0 Å². The second kappa shape index (κ2) is 13.5. The summed E-state index contributed by atoms with van der Waals surface area (Å²) >= 11 is 0.